The molecule has 6 heteroatoms. The van der Waals surface area contributed by atoms with Crippen LogP contribution >= 0.6 is 0 Å². The molecule has 0 aliphatic carbocycles. The van der Waals surface area contributed by atoms with Crippen molar-refractivity contribution in [3.05, 3.63) is 88.2 Å². The van der Waals surface area contributed by atoms with Crippen molar-refractivity contribution in [2.24, 2.45) is 0 Å². The van der Waals surface area contributed by atoms with Gasteiger partial charge in [-0.25, -0.2) is 9.37 Å². The first-order valence-electron chi connectivity index (χ1n) is 9.45. The van der Waals surface area contributed by atoms with Crippen LogP contribution in [0.25, 0.3) is 11.3 Å². The number of amides is 1. The molecular weight excluding hydrogens is 369 g/mol. The fraction of sp³-hybridized carbons (Fsp3) is 0.261. The van der Waals surface area contributed by atoms with E-state index in [9.17, 15) is 14.0 Å². The molecule has 0 unspecified atom stereocenters. The minimum absolute atomic E-state index is 0.0310. The van der Waals surface area contributed by atoms with Gasteiger partial charge < -0.3 is 5.32 Å². The molecule has 0 saturated heterocycles. The normalized spacial score (nSPS) is 11.3. The van der Waals surface area contributed by atoms with Gasteiger partial charge in [0.15, 0.2) is 0 Å². The quantitative estimate of drug-likeness (QED) is 0.718. The summed E-state index contributed by atoms with van der Waals surface area (Å²) in [7, 11) is 0. The molecule has 0 radical (unpaired) electrons. The third-order valence-corrected chi connectivity index (χ3v) is 4.67. The predicted molar refractivity (Wildman–Crippen MR) is 111 cm³/mol. The highest BCUT2D eigenvalue weighted by molar-refractivity contribution is 5.94. The summed E-state index contributed by atoms with van der Waals surface area (Å²) in [5.74, 6) is -0.528. The summed E-state index contributed by atoms with van der Waals surface area (Å²) in [6, 6.07) is 14.7. The number of aromatic nitrogens is 2. The van der Waals surface area contributed by atoms with Gasteiger partial charge in [0.25, 0.3) is 11.5 Å². The van der Waals surface area contributed by atoms with Crippen LogP contribution in [-0.4, -0.2) is 22.0 Å². The molecule has 0 saturated carbocycles. The van der Waals surface area contributed by atoms with Gasteiger partial charge in [-0.2, -0.15) is 0 Å². The number of hydrogen-bond donors (Lipinski definition) is 1. The molecule has 0 fully saturated rings. The van der Waals surface area contributed by atoms with Crippen molar-refractivity contribution in [1.29, 1.82) is 0 Å². The Kier molecular flexibility index (Phi) is 5.92. The second-order valence-electron chi connectivity index (χ2n) is 7.90. The Morgan fingerprint density at radius 3 is 2.31 bits per heavy atom. The Bertz CT molecular complexity index is 1050. The monoisotopic (exact) mass is 393 g/mol. The molecule has 0 atom stereocenters. The number of nitrogens with zero attached hydrogens (tertiary/aromatic N) is 2. The molecule has 3 rings (SSSR count). The van der Waals surface area contributed by atoms with E-state index in [0.717, 1.165) is 5.56 Å². The van der Waals surface area contributed by atoms with Crippen molar-refractivity contribution < 1.29 is 9.18 Å². The van der Waals surface area contributed by atoms with Crippen LogP contribution in [-0.2, 0) is 12.0 Å². The van der Waals surface area contributed by atoms with E-state index >= 15 is 0 Å². The first kappa shape index (κ1) is 20.5. The van der Waals surface area contributed by atoms with Gasteiger partial charge in [0.2, 0.25) is 0 Å². The third kappa shape index (κ3) is 5.16. The van der Waals surface area contributed by atoms with Crippen LogP contribution in [0.3, 0.4) is 0 Å². The van der Waals surface area contributed by atoms with Crippen molar-refractivity contribution in [3.8, 4) is 11.3 Å². The van der Waals surface area contributed by atoms with Crippen LogP contribution < -0.4 is 10.9 Å². The fourth-order valence-corrected chi connectivity index (χ4v) is 2.89. The summed E-state index contributed by atoms with van der Waals surface area (Å²) in [5, 5.41) is 2.82. The van der Waals surface area contributed by atoms with Crippen molar-refractivity contribution in [1.82, 2.24) is 14.9 Å². The Morgan fingerprint density at radius 2 is 1.72 bits per heavy atom. The maximum Gasteiger partial charge on any atom is 0.253 e. The van der Waals surface area contributed by atoms with Gasteiger partial charge in [0.1, 0.15) is 5.82 Å². The molecule has 1 aromatic heterocycles. The highest BCUT2D eigenvalue weighted by atomic mass is 19.1. The zero-order valence-corrected chi connectivity index (χ0v) is 16.8. The standard InChI is InChI=1S/C23H24FN3O2/c1-23(2,3)18-8-4-17(5-9-18)22(29)25-12-13-27-15-26-20(14-21(27)28)16-6-10-19(24)11-7-16/h4-11,14-15H,12-13H2,1-3H3,(H,25,29). The number of hydrogen-bond acceptors (Lipinski definition) is 3. The molecule has 0 bridgehead atoms. The first-order valence-corrected chi connectivity index (χ1v) is 9.45. The van der Waals surface area contributed by atoms with E-state index in [0.29, 0.717) is 29.9 Å². The molecule has 29 heavy (non-hydrogen) atoms. The Morgan fingerprint density at radius 1 is 1.07 bits per heavy atom. The summed E-state index contributed by atoms with van der Waals surface area (Å²) < 4.78 is 14.5. The maximum atomic E-state index is 13.0. The number of benzene rings is 2. The SMILES string of the molecule is CC(C)(C)c1ccc(C(=O)NCCn2cnc(-c3ccc(F)cc3)cc2=O)cc1. The van der Waals surface area contributed by atoms with Gasteiger partial charge in [-0.3, -0.25) is 14.2 Å². The second-order valence-corrected chi connectivity index (χ2v) is 7.90. The lowest BCUT2D eigenvalue weighted by Crippen LogP contribution is -2.30. The van der Waals surface area contributed by atoms with Crippen LogP contribution in [0.1, 0.15) is 36.7 Å². The summed E-state index contributed by atoms with van der Waals surface area (Å²) in [6.45, 7) is 6.97. The number of carbonyl (C=O) groups excluding carboxylic acids is 1. The summed E-state index contributed by atoms with van der Waals surface area (Å²) in [6.07, 6.45) is 1.44. The average Bonchev–Trinajstić information content (AvgIpc) is 2.69. The summed E-state index contributed by atoms with van der Waals surface area (Å²) in [4.78, 5) is 28.9. The zero-order valence-electron chi connectivity index (χ0n) is 16.8. The van der Waals surface area contributed by atoms with Crippen LogP contribution in [0.15, 0.2) is 65.7 Å². The highest BCUT2D eigenvalue weighted by Gasteiger charge is 2.14. The molecular formula is C23H24FN3O2. The number of halogens is 1. The number of nitrogens with one attached hydrogen (secondary N) is 1. The van der Waals surface area contributed by atoms with Crippen LogP contribution in [0.5, 0.6) is 0 Å². The molecule has 1 N–H and O–H groups in total. The van der Waals surface area contributed by atoms with E-state index in [4.69, 9.17) is 0 Å². The molecule has 5 nitrogen and oxygen atoms in total. The largest absolute Gasteiger partial charge is 0.350 e. The first-order chi connectivity index (χ1) is 13.7. The lowest BCUT2D eigenvalue weighted by molar-refractivity contribution is 0.0952. The Balaban J connectivity index is 1.59. The fourth-order valence-electron chi connectivity index (χ4n) is 2.89. The smallest absolute Gasteiger partial charge is 0.253 e. The van der Waals surface area contributed by atoms with Crippen molar-refractivity contribution in [2.75, 3.05) is 6.54 Å². The predicted octanol–water partition coefficient (Wildman–Crippen LogP) is 3.78. The lowest BCUT2D eigenvalue weighted by atomic mass is 9.87. The van der Waals surface area contributed by atoms with E-state index < -0.39 is 0 Å². The van der Waals surface area contributed by atoms with Crippen molar-refractivity contribution in [2.45, 2.75) is 32.7 Å². The number of carbonyl (C=O) groups is 1. The molecule has 0 aliphatic heterocycles. The summed E-state index contributed by atoms with van der Waals surface area (Å²) >= 11 is 0. The third-order valence-electron chi connectivity index (χ3n) is 4.67. The Labute approximate surface area is 169 Å². The van der Waals surface area contributed by atoms with E-state index in [1.165, 1.54) is 29.1 Å². The van der Waals surface area contributed by atoms with Crippen molar-refractivity contribution >= 4 is 5.91 Å². The van der Waals surface area contributed by atoms with Crippen LogP contribution in [0.2, 0.25) is 0 Å². The molecule has 1 heterocycles. The van der Waals surface area contributed by atoms with Gasteiger partial charge in [-0.1, -0.05) is 32.9 Å². The second kappa shape index (κ2) is 8.39. The topological polar surface area (TPSA) is 64.0 Å². The van der Waals surface area contributed by atoms with E-state index in [1.807, 2.05) is 12.1 Å². The maximum absolute atomic E-state index is 13.0. The molecule has 0 aliphatic rings. The van der Waals surface area contributed by atoms with Gasteiger partial charge in [0.05, 0.1) is 12.0 Å². The molecule has 0 spiro atoms. The minimum atomic E-state index is -0.342. The molecule has 1 amide bonds. The summed E-state index contributed by atoms with van der Waals surface area (Å²) in [5.41, 5.74) is 2.69. The van der Waals surface area contributed by atoms with E-state index in [-0.39, 0.29) is 22.7 Å². The van der Waals surface area contributed by atoms with Gasteiger partial charge in [0, 0.05) is 30.3 Å². The van der Waals surface area contributed by atoms with E-state index in [1.54, 1.807) is 24.3 Å². The van der Waals surface area contributed by atoms with Crippen LogP contribution in [0, 0.1) is 5.82 Å². The highest BCUT2D eigenvalue weighted by Crippen LogP contribution is 2.22. The van der Waals surface area contributed by atoms with E-state index in [2.05, 4.69) is 31.1 Å². The minimum Gasteiger partial charge on any atom is -0.350 e. The van der Waals surface area contributed by atoms with Gasteiger partial charge in [-0.05, 0) is 47.4 Å². The lowest BCUT2D eigenvalue weighted by Gasteiger charge is -2.19. The van der Waals surface area contributed by atoms with Gasteiger partial charge in [-0.15, -0.1) is 0 Å². The molecule has 3 aromatic rings. The zero-order chi connectivity index (χ0) is 21.0. The average molecular weight is 393 g/mol. The van der Waals surface area contributed by atoms with Crippen molar-refractivity contribution in [3.63, 3.8) is 0 Å². The Hall–Kier alpha value is -3.28. The van der Waals surface area contributed by atoms with Crippen LogP contribution in [0.4, 0.5) is 4.39 Å². The molecule has 2 aromatic carbocycles. The number of rotatable bonds is 5. The molecule has 150 valence electrons. The van der Waals surface area contributed by atoms with Gasteiger partial charge >= 0.3 is 0 Å².